The van der Waals surface area contributed by atoms with Crippen LogP contribution in [0.1, 0.15) is 29.4 Å². The van der Waals surface area contributed by atoms with E-state index in [2.05, 4.69) is 24.3 Å². The largest absolute Gasteiger partial charge is 0.508 e. The Balaban J connectivity index is 1.85. The molecule has 0 bridgehead atoms. The Hall–Kier alpha value is -1.76. The van der Waals surface area contributed by atoms with Gasteiger partial charge >= 0.3 is 0 Å². The number of benzene rings is 2. The molecule has 0 radical (unpaired) electrons. The molecule has 16 heavy (non-hydrogen) atoms. The van der Waals surface area contributed by atoms with Gasteiger partial charge in [-0.2, -0.15) is 0 Å². The lowest BCUT2D eigenvalue weighted by Crippen LogP contribution is -1.84. The Morgan fingerprint density at radius 1 is 0.812 bits per heavy atom. The number of phenols is 1. The minimum atomic E-state index is 0.436. The molecular formula is C15H14O. The summed E-state index contributed by atoms with van der Waals surface area (Å²) in [7, 11) is 0. The molecule has 1 heteroatoms. The van der Waals surface area contributed by atoms with Crippen LogP contribution < -0.4 is 0 Å². The topological polar surface area (TPSA) is 20.2 Å². The molecule has 0 aliphatic heterocycles. The van der Waals surface area contributed by atoms with E-state index >= 15 is 0 Å². The molecule has 1 nitrogen and oxygen atoms in total. The number of phenolic OH excluding ortho intramolecular Hbond substituents is 1. The first-order chi connectivity index (χ1) is 7.86. The van der Waals surface area contributed by atoms with E-state index in [-0.39, 0.29) is 0 Å². The fourth-order valence-corrected chi connectivity index (χ4v) is 2.41. The summed E-state index contributed by atoms with van der Waals surface area (Å²) in [5.74, 6) is 1.53. The van der Waals surface area contributed by atoms with Gasteiger partial charge in [-0.05, 0) is 35.4 Å². The van der Waals surface area contributed by atoms with Crippen LogP contribution >= 0.6 is 0 Å². The van der Waals surface area contributed by atoms with Gasteiger partial charge in [0, 0.05) is 0 Å². The first-order valence-electron chi connectivity index (χ1n) is 5.69. The number of hydrogen-bond donors (Lipinski definition) is 1. The molecule has 1 N–H and O–H groups in total. The van der Waals surface area contributed by atoms with Gasteiger partial charge in [-0.1, -0.05) is 48.5 Å². The summed E-state index contributed by atoms with van der Waals surface area (Å²) in [6.07, 6.45) is 1.15. The van der Waals surface area contributed by atoms with Crippen LogP contribution in [0.4, 0.5) is 0 Å². The highest BCUT2D eigenvalue weighted by Gasteiger charge is 2.40. The van der Waals surface area contributed by atoms with Gasteiger partial charge in [-0.25, -0.2) is 0 Å². The first-order valence-corrected chi connectivity index (χ1v) is 5.69. The maximum atomic E-state index is 9.79. The van der Waals surface area contributed by atoms with Crippen molar-refractivity contribution in [3.63, 3.8) is 0 Å². The van der Waals surface area contributed by atoms with Crippen molar-refractivity contribution in [3.05, 3.63) is 65.7 Å². The summed E-state index contributed by atoms with van der Waals surface area (Å²) in [5, 5.41) is 9.79. The van der Waals surface area contributed by atoms with Crippen LogP contribution in [0, 0.1) is 0 Å². The zero-order valence-corrected chi connectivity index (χ0v) is 9.01. The Morgan fingerprint density at radius 2 is 1.50 bits per heavy atom. The van der Waals surface area contributed by atoms with E-state index < -0.39 is 0 Å². The molecule has 1 fully saturated rings. The van der Waals surface area contributed by atoms with E-state index in [0.29, 0.717) is 17.6 Å². The van der Waals surface area contributed by atoms with Gasteiger partial charge in [0.1, 0.15) is 5.75 Å². The van der Waals surface area contributed by atoms with Crippen molar-refractivity contribution >= 4 is 0 Å². The van der Waals surface area contributed by atoms with Gasteiger partial charge in [-0.15, -0.1) is 0 Å². The van der Waals surface area contributed by atoms with Crippen molar-refractivity contribution in [1.82, 2.24) is 0 Å². The van der Waals surface area contributed by atoms with Crippen molar-refractivity contribution in [1.29, 1.82) is 0 Å². The third-order valence-corrected chi connectivity index (χ3v) is 3.35. The smallest absolute Gasteiger partial charge is 0.119 e. The molecule has 0 aromatic heterocycles. The molecule has 0 spiro atoms. The second-order valence-electron chi connectivity index (χ2n) is 4.42. The zero-order valence-electron chi connectivity index (χ0n) is 9.01. The van der Waals surface area contributed by atoms with Gasteiger partial charge in [0.2, 0.25) is 0 Å². The second kappa shape index (κ2) is 3.67. The lowest BCUT2D eigenvalue weighted by molar-refractivity contribution is 0.468. The molecular weight excluding hydrogens is 196 g/mol. The van der Waals surface area contributed by atoms with Crippen LogP contribution in [0.5, 0.6) is 5.75 Å². The van der Waals surface area contributed by atoms with Crippen LogP contribution in [0.15, 0.2) is 54.6 Å². The van der Waals surface area contributed by atoms with Crippen molar-refractivity contribution in [2.24, 2.45) is 0 Å². The van der Waals surface area contributed by atoms with E-state index in [1.165, 1.54) is 5.56 Å². The van der Waals surface area contributed by atoms with Crippen LogP contribution in [0.2, 0.25) is 0 Å². The van der Waals surface area contributed by atoms with Crippen LogP contribution in [0.3, 0.4) is 0 Å². The summed E-state index contributed by atoms with van der Waals surface area (Å²) in [5.41, 5.74) is 2.48. The summed E-state index contributed by atoms with van der Waals surface area (Å²) < 4.78 is 0. The van der Waals surface area contributed by atoms with Crippen molar-refractivity contribution in [2.45, 2.75) is 18.3 Å². The van der Waals surface area contributed by atoms with Crippen molar-refractivity contribution in [3.8, 4) is 5.75 Å². The van der Waals surface area contributed by atoms with Crippen molar-refractivity contribution in [2.75, 3.05) is 0 Å². The van der Waals surface area contributed by atoms with Crippen LogP contribution in [-0.4, -0.2) is 5.11 Å². The number of hydrogen-bond acceptors (Lipinski definition) is 1. The SMILES string of the molecule is Oc1ccccc1[C@H]1C[C@H]1c1ccccc1. The predicted octanol–water partition coefficient (Wildman–Crippen LogP) is 3.66. The summed E-state index contributed by atoms with van der Waals surface area (Å²) >= 11 is 0. The Labute approximate surface area is 95.4 Å². The molecule has 0 unspecified atom stereocenters. The van der Waals surface area contributed by atoms with Gasteiger partial charge in [0.25, 0.3) is 0 Å². The third kappa shape index (κ3) is 1.58. The van der Waals surface area contributed by atoms with Gasteiger partial charge < -0.3 is 5.11 Å². The van der Waals surface area contributed by atoms with Crippen LogP contribution in [-0.2, 0) is 0 Å². The molecule has 1 aliphatic carbocycles. The fourth-order valence-electron chi connectivity index (χ4n) is 2.41. The molecule has 2 aromatic carbocycles. The predicted molar refractivity (Wildman–Crippen MR) is 64.6 cm³/mol. The lowest BCUT2D eigenvalue weighted by Gasteiger charge is -2.03. The van der Waals surface area contributed by atoms with Gasteiger partial charge in [0.05, 0.1) is 0 Å². The standard InChI is InChI=1S/C15H14O/c16-15-9-5-4-8-12(15)14-10-13(14)11-6-2-1-3-7-11/h1-9,13-14,16H,10H2/t13-,14+/m0/s1. The van der Waals surface area contributed by atoms with Crippen molar-refractivity contribution < 1.29 is 5.11 Å². The fraction of sp³-hybridized carbons (Fsp3) is 0.200. The van der Waals surface area contributed by atoms with E-state index in [9.17, 15) is 5.11 Å². The maximum Gasteiger partial charge on any atom is 0.119 e. The Bertz CT molecular complexity index is 490. The Kier molecular flexibility index (Phi) is 2.17. The number of para-hydroxylation sites is 1. The minimum absolute atomic E-state index is 0.436. The molecule has 80 valence electrons. The number of aromatic hydroxyl groups is 1. The Morgan fingerprint density at radius 3 is 2.25 bits per heavy atom. The first kappa shape index (κ1) is 9.46. The monoisotopic (exact) mass is 210 g/mol. The van der Waals surface area contributed by atoms with Gasteiger partial charge in [0.15, 0.2) is 0 Å². The molecule has 1 saturated carbocycles. The lowest BCUT2D eigenvalue weighted by atomic mass is 10.0. The quantitative estimate of drug-likeness (QED) is 0.802. The molecule has 2 atom stereocenters. The summed E-state index contributed by atoms with van der Waals surface area (Å²) in [6.45, 7) is 0. The van der Waals surface area contributed by atoms with Crippen LogP contribution in [0.25, 0.3) is 0 Å². The third-order valence-electron chi connectivity index (χ3n) is 3.35. The molecule has 0 amide bonds. The highest BCUT2D eigenvalue weighted by molar-refractivity contribution is 5.43. The molecule has 2 aromatic rings. The maximum absolute atomic E-state index is 9.79. The minimum Gasteiger partial charge on any atom is -0.508 e. The van der Waals surface area contributed by atoms with E-state index in [1.54, 1.807) is 6.07 Å². The highest BCUT2D eigenvalue weighted by Crippen LogP contribution is 2.56. The average molecular weight is 210 g/mol. The van der Waals surface area contributed by atoms with Gasteiger partial charge in [-0.3, -0.25) is 0 Å². The highest BCUT2D eigenvalue weighted by atomic mass is 16.3. The number of rotatable bonds is 2. The molecule has 0 heterocycles. The molecule has 1 aliphatic rings. The normalized spacial score (nSPS) is 23.0. The average Bonchev–Trinajstić information content (AvgIpc) is 3.11. The molecule has 0 saturated heterocycles. The zero-order chi connectivity index (χ0) is 11.0. The summed E-state index contributed by atoms with van der Waals surface area (Å²) in [6, 6.07) is 18.2. The van der Waals surface area contributed by atoms with E-state index in [4.69, 9.17) is 0 Å². The summed E-state index contributed by atoms with van der Waals surface area (Å²) in [4.78, 5) is 0. The second-order valence-corrected chi connectivity index (χ2v) is 4.42. The molecule has 3 rings (SSSR count). The van der Waals surface area contributed by atoms with E-state index in [0.717, 1.165) is 12.0 Å². The van der Waals surface area contributed by atoms with E-state index in [1.807, 2.05) is 24.3 Å².